The second kappa shape index (κ2) is 4.57. The summed E-state index contributed by atoms with van der Waals surface area (Å²) in [7, 11) is 3.59. The Bertz CT molecular complexity index is 132. The molecule has 4 heteroatoms. The van der Waals surface area contributed by atoms with Gasteiger partial charge in [0.05, 0.1) is 6.04 Å². The average molecular weight is 179 g/mol. The molecule has 0 radical (unpaired) electrons. The summed E-state index contributed by atoms with van der Waals surface area (Å²) in [6, 6.07) is 0.0926. The zero-order valence-corrected chi connectivity index (χ0v) is 7.78. The molecule has 0 spiro atoms. The van der Waals surface area contributed by atoms with E-state index in [0.29, 0.717) is 0 Å². The topological polar surface area (TPSA) is 32.3 Å². The van der Waals surface area contributed by atoms with Crippen LogP contribution in [0.2, 0.25) is 0 Å². The van der Waals surface area contributed by atoms with Gasteiger partial charge in [0.25, 0.3) is 0 Å². The molecule has 1 unspecified atom stereocenters. The minimum Gasteiger partial charge on any atom is -0.347 e. The number of rotatable bonds is 1. The predicted molar refractivity (Wildman–Crippen MR) is 47.0 cm³/mol. The largest absolute Gasteiger partial charge is 0.347 e. The summed E-state index contributed by atoms with van der Waals surface area (Å²) < 4.78 is 0. The normalized spacial score (nSPS) is 22.5. The minimum atomic E-state index is 0. The number of hydrogen-bond donors (Lipinski definition) is 1. The van der Waals surface area contributed by atoms with Crippen molar-refractivity contribution in [2.24, 2.45) is 0 Å². The van der Waals surface area contributed by atoms with Crippen LogP contribution >= 0.6 is 12.4 Å². The Morgan fingerprint density at radius 3 is 2.55 bits per heavy atom. The second-order valence-corrected chi connectivity index (χ2v) is 2.88. The van der Waals surface area contributed by atoms with Gasteiger partial charge in [-0.2, -0.15) is 0 Å². The first-order valence-corrected chi connectivity index (χ1v) is 3.66. The van der Waals surface area contributed by atoms with Crippen molar-refractivity contribution in [3.05, 3.63) is 0 Å². The van der Waals surface area contributed by atoms with Crippen LogP contribution in [0.3, 0.4) is 0 Å². The highest BCUT2D eigenvalue weighted by Gasteiger charge is 2.22. The number of nitrogens with zero attached hydrogens (tertiary/aromatic N) is 1. The molecule has 0 aromatic heterocycles. The van der Waals surface area contributed by atoms with E-state index in [4.69, 9.17) is 0 Å². The van der Waals surface area contributed by atoms with Gasteiger partial charge >= 0.3 is 0 Å². The maximum atomic E-state index is 11.2. The summed E-state index contributed by atoms with van der Waals surface area (Å²) >= 11 is 0. The first-order valence-electron chi connectivity index (χ1n) is 3.66. The van der Waals surface area contributed by atoms with E-state index in [1.54, 1.807) is 19.0 Å². The highest BCUT2D eigenvalue weighted by atomic mass is 35.5. The van der Waals surface area contributed by atoms with Gasteiger partial charge < -0.3 is 10.2 Å². The fraction of sp³-hybridized carbons (Fsp3) is 0.857. The van der Waals surface area contributed by atoms with Gasteiger partial charge in [-0.15, -0.1) is 12.4 Å². The number of nitrogens with one attached hydrogen (secondary N) is 1. The van der Waals surface area contributed by atoms with Crippen molar-refractivity contribution < 1.29 is 4.79 Å². The Hall–Kier alpha value is -0.280. The molecule has 0 aliphatic carbocycles. The van der Waals surface area contributed by atoms with E-state index < -0.39 is 0 Å². The molecule has 11 heavy (non-hydrogen) atoms. The summed E-state index contributed by atoms with van der Waals surface area (Å²) in [6.45, 7) is 0.990. The zero-order valence-electron chi connectivity index (χ0n) is 6.96. The highest BCUT2D eigenvalue weighted by molar-refractivity contribution is 5.85. The fourth-order valence-electron chi connectivity index (χ4n) is 1.21. The van der Waals surface area contributed by atoms with Crippen LogP contribution in [0.1, 0.15) is 12.8 Å². The first-order chi connectivity index (χ1) is 4.72. The Morgan fingerprint density at radius 2 is 2.18 bits per heavy atom. The Labute approximate surface area is 73.5 Å². The van der Waals surface area contributed by atoms with Crippen molar-refractivity contribution in [2.75, 3.05) is 20.6 Å². The van der Waals surface area contributed by atoms with Crippen LogP contribution in [0, 0.1) is 0 Å². The van der Waals surface area contributed by atoms with Gasteiger partial charge in [0.1, 0.15) is 0 Å². The van der Waals surface area contributed by atoms with Crippen molar-refractivity contribution in [1.29, 1.82) is 0 Å². The summed E-state index contributed by atoms with van der Waals surface area (Å²) in [5, 5.41) is 3.15. The van der Waals surface area contributed by atoms with Crippen LogP contribution in [0.4, 0.5) is 0 Å². The van der Waals surface area contributed by atoms with Crippen LogP contribution in [0.25, 0.3) is 0 Å². The Kier molecular flexibility index (Phi) is 4.45. The zero-order chi connectivity index (χ0) is 7.56. The molecule has 1 rings (SSSR count). The molecule has 1 aliphatic rings. The van der Waals surface area contributed by atoms with Crippen molar-refractivity contribution in [2.45, 2.75) is 18.9 Å². The molecule has 66 valence electrons. The molecule has 1 aliphatic heterocycles. The van der Waals surface area contributed by atoms with Gasteiger partial charge in [0.2, 0.25) is 5.91 Å². The molecule has 0 aromatic carbocycles. The molecule has 1 amide bonds. The lowest BCUT2D eigenvalue weighted by Gasteiger charge is -2.15. The Morgan fingerprint density at radius 1 is 1.55 bits per heavy atom. The van der Waals surface area contributed by atoms with Gasteiger partial charge in [-0.05, 0) is 19.4 Å². The monoisotopic (exact) mass is 178 g/mol. The van der Waals surface area contributed by atoms with Gasteiger partial charge in [-0.25, -0.2) is 0 Å². The van der Waals surface area contributed by atoms with Crippen LogP contribution < -0.4 is 5.32 Å². The molecule has 0 bridgehead atoms. The van der Waals surface area contributed by atoms with Gasteiger partial charge in [0.15, 0.2) is 0 Å². The average Bonchev–Trinajstić information content (AvgIpc) is 2.36. The smallest absolute Gasteiger partial charge is 0.239 e. The molecule has 1 heterocycles. The van der Waals surface area contributed by atoms with Crippen molar-refractivity contribution in [1.82, 2.24) is 10.2 Å². The quantitative estimate of drug-likeness (QED) is 0.625. The lowest BCUT2D eigenvalue weighted by atomic mass is 10.2. The minimum absolute atomic E-state index is 0. The summed E-state index contributed by atoms with van der Waals surface area (Å²) in [5.74, 6) is 0.206. The molecule has 3 nitrogen and oxygen atoms in total. The molecule has 1 atom stereocenters. The first kappa shape index (κ1) is 10.7. The van der Waals surface area contributed by atoms with E-state index in [-0.39, 0.29) is 24.4 Å². The van der Waals surface area contributed by atoms with E-state index in [0.717, 1.165) is 19.4 Å². The second-order valence-electron chi connectivity index (χ2n) is 2.88. The third kappa shape index (κ3) is 2.67. The van der Waals surface area contributed by atoms with Gasteiger partial charge in [-0.3, -0.25) is 4.79 Å². The molecule has 1 fully saturated rings. The SMILES string of the molecule is CN(C)C(=O)C1CCCN1.Cl. The molecule has 0 aromatic rings. The molecule has 0 saturated carbocycles. The molecular weight excluding hydrogens is 164 g/mol. The summed E-state index contributed by atoms with van der Waals surface area (Å²) in [6.07, 6.45) is 2.13. The van der Waals surface area contributed by atoms with Gasteiger partial charge in [0, 0.05) is 14.1 Å². The van der Waals surface area contributed by atoms with Crippen molar-refractivity contribution in [3.63, 3.8) is 0 Å². The van der Waals surface area contributed by atoms with E-state index in [1.807, 2.05) is 0 Å². The lowest BCUT2D eigenvalue weighted by Crippen LogP contribution is -2.39. The third-order valence-electron chi connectivity index (χ3n) is 1.80. The number of hydrogen-bond acceptors (Lipinski definition) is 2. The van der Waals surface area contributed by atoms with E-state index >= 15 is 0 Å². The number of halogens is 1. The van der Waals surface area contributed by atoms with Crippen molar-refractivity contribution in [3.8, 4) is 0 Å². The summed E-state index contributed by atoms with van der Waals surface area (Å²) in [5.41, 5.74) is 0. The molecule has 1 N–H and O–H groups in total. The van der Waals surface area contributed by atoms with Gasteiger partial charge in [-0.1, -0.05) is 0 Å². The third-order valence-corrected chi connectivity index (χ3v) is 1.80. The van der Waals surface area contributed by atoms with Crippen LogP contribution in [-0.4, -0.2) is 37.5 Å². The van der Waals surface area contributed by atoms with Crippen LogP contribution in [0.15, 0.2) is 0 Å². The lowest BCUT2D eigenvalue weighted by molar-refractivity contribution is -0.130. The fourth-order valence-corrected chi connectivity index (χ4v) is 1.21. The van der Waals surface area contributed by atoms with Crippen molar-refractivity contribution >= 4 is 18.3 Å². The number of likely N-dealkylation sites (N-methyl/N-ethyl adjacent to an activating group) is 1. The standard InChI is InChI=1S/C7H14N2O.ClH/c1-9(2)7(10)6-4-3-5-8-6;/h6,8H,3-5H2,1-2H3;1H. The molecule has 1 saturated heterocycles. The maximum Gasteiger partial charge on any atom is 0.239 e. The molecular formula is C7H15ClN2O. The Balaban J connectivity index is 0.000001000. The van der Waals surface area contributed by atoms with E-state index in [9.17, 15) is 4.79 Å². The number of amides is 1. The van der Waals surface area contributed by atoms with E-state index in [1.165, 1.54) is 0 Å². The maximum absolute atomic E-state index is 11.2. The van der Waals surface area contributed by atoms with Crippen LogP contribution in [0.5, 0.6) is 0 Å². The summed E-state index contributed by atoms with van der Waals surface area (Å²) in [4.78, 5) is 12.9. The van der Waals surface area contributed by atoms with Crippen LogP contribution in [-0.2, 0) is 4.79 Å². The van der Waals surface area contributed by atoms with E-state index in [2.05, 4.69) is 5.32 Å². The number of carbonyl (C=O) groups excluding carboxylic acids is 1. The highest BCUT2D eigenvalue weighted by Crippen LogP contribution is 2.06. The predicted octanol–water partition coefficient (Wildman–Crippen LogP) is 0.248. The number of carbonyl (C=O) groups is 1.